The van der Waals surface area contributed by atoms with Gasteiger partial charge < -0.3 is 15.2 Å². The fraction of sp³-hybridized carbons (Fsp3) is 0.111. The highest BCUT2D eigenvalue weighted by Gasteiger charge is 2.09. The average molecular weight is 367 g/mol. The molecule has 0 spiro atoms. The molecular weight excluding hydrogens is 350 g/mol. The Morgan fingerprint density at radius 3 is 2.50 bits per heavy atom. The van der Waals surface area contributed by atoms with Gasteiger partial charge in [-0.1, -0.05) is 17.8 Å². The highest BCUT2D eigenvalue weighted by Crippen LogP contribution is 2.16. The van der Waals surface area contributed by atoms with Gasteiger partial charge in [-0.05, 0) is 36.4 Å². The first kappa shape index (κ1) is 17.7. The molecule has 0 atom stereocenters. The molecule has 3 aromatic rings. The second kappa shape index (κ2) is 8.30. The zero-order valence-corrected chi connectivity index (χ0v) is 14.9. The van der Waals surface area contributed by atoms with Crippen molar-refractivity contribution in [2.75, 3.05) is 16.4 Å². The number of amides is 2. The lowest BCUT2D eigenvalue weighted by Gasteiger charge is -2.07. The third-order valence-corrected chi connectivity index (χ3v) is 4.50. The van der Waals surface area contributed by atoms with Crippen molar-refractivity contribution in [3.05, 3.63) is 66.6 Å². The van der Waals surface area contributed by atoms with E-state index in [0.717, 1.165) is 5.16 Å². The zero-order chi connectivity index (χ0) is 18.4. The van der Waals surface area contributed by atoms with Gasteiger partial charge in [0.2, 0.25) is 5.91 Å². The molecule has 0 bridgehead atoms. The highest BCUT2D eigenvalue weighted by molar-refractivity contribution is 7.99. The lowest BCUT2D eigenvalue weighted by atomic mass is 10.2. The smallest absolute Gasteiger partial charge is 0.256 e. The minimum atomic E-state index is -0.257. The van der Waals surface area contributed by atoms with Crippen molar-refractivity contribution in [1.29, 1.82) is 0 Å². The lowest BCUT2D eigenvalue weighted by molar-refractivity contribution is -0.113. The third kappa shape index (κ3) is 4.70. The molecule has 0 aliphatic carbocycles. The van der Waals surface area contributed by atoms with Crippen molar-refractivity contribution < 1.29 is 9.59 Å². The van der Waals surface area contributed by atoms with E-state index < -0.39 is 0 Å². The summed E-state index contributed by atoms with van der Waals surface area (Å²) >= 11 is 1.36. The van der Waals surface area contributed by atoms with Crippen LogP contribution in [0, 0.1) is 0 Å². The predicted octanol–water partition coefficient (Wildman–Crippen LogP) is 2.80. The highest BCUT2D eigenvalue weighted by atomic mass is 32.2. The first-order chi connectivity index (χ1) is 12.6. The summed E-state index contributed by atoms with van der Waals surface area (Å²) < 4.78 is 1.85. The first-order valence-electron chi connectivity index (χ1n) is 7.84. The molecule has 0 fully saturated rings. The number of pyridine rings is 1. The fourth-order valence-corrected chi connectivity index (χ4v) is 2.88. The number of carbonyl (C=O) groups is 2. The van der Waals surface area contributed by atoms with Gasteiger partial charge in [0.05, 0.1) is 5.75 Å². The van der Waals surface area contributed by atoms with Crippen LogP contribution in [-0.4, -0.2) is 32.1 Å². The van der Waals surface area contributed by atoms with E-state index in [0.29, 0.717) is 17.1 Å². The average Bonchev–Trinajstić information content (AvgIpc) is 3.06. The zero-order valence-electron chi connectivity index (χ0n) is 14.0. The standard InChI is InChI=1S/C18H17N5O2S/c1-23-11-10-20-18(23)26-12-16(24)21-14-7-5-13(6-8-14)17(25)22-15-4-2-3-9-19-15/h2-11H,12H2,1H3,(H,21,24)(H,19,22,25). The van der Waals surface area contributed by atoms with Crippen molar-refractivity contribution in [3.8, 4) is 0 Å². The maximum Gasteiger partial charge on any atom is 0.256 e. The summed E-state index contributed by atoms with van der Waals surface area (Å²) in [5.41, 5.74) is 1.11. The van der Waals surface area contributed by atoms with E-state index in [9.17, 15) is 9.59 Å². The second-order valence-corrected chi connectivity index (χ2v) is 6.35. The number of nitrogens with one attached hydrogen (secondary N) is 2. The molecule has 2 aromatic heterocycles. The van der Waals surface area contributed by atoms with Gasteiger partial charge in [-0.15, -0.1) is 0 Å². The largest absolute Gasteiger partial charge is 0.329 e. The van der Waals surface area contributed by atoms with Gasteiger partial charge in [0, 0.05) is 36.9 Å². The van der Waals surface area contributed by atoms with Gasteiger partial charge in [-0.3, -0.25) is 9.59 Å². The first-order valence-corrected chi connectivity index (χ1v) is 8.83. The van der Waals surface area contributed by atoms with Crippen LogP contribution in [0.25, 0.3) is 0 Å². The van der Waals surface area contributed by atoms with Gasteiger partial charge in [-0.2, -0.15) is 0 Å². The Morgan fingerprint density at radius 2 is 1.85 bits per heavy atom. The Morgan fingerprint density at radius 1 is 1.04 bits per heavy atom. The lowest BCUT2D eigenvalue weighted by Crippen LogP contribution is -2.15. The maximum atomic E-state index is 12.2. The summed E-state index contributed by atoms with van der Waals surface area (Å²) in [5.74, 6) is 0.351. The normalized spacial score (nSPS) is 10.3. The summed E-state index contributed by atoms with van der Waals surface area (Å²) in [4.78, 5) is 32.4. The molecule has 0 radical (unpaired) electrons. The second-order valence-electron chi connectivity index (χ2n) is 5.40. The number of hydrogen-bond donors (Lipinski definition) is 2. The molecule has 0 aliphatic rings. The van der Waals surface area contributed by atoms with Crippen molar-refractivity contribution in [3.63, 3.8) is 0 Å². The Bertz CT molecular complexity index is 893. The topological polar surface area (TPSA) is 88.9 Å². The molecule has 7 nitrogen and oxygen atoms in total. The van der Waals surface area contributed by atoms with E-state index in [1.807, 2.05) is 17.8 Å². The molecule has 0 aliphatic heterocycles. The quantitative estimate of drug-likeness (QED) is 0.654. The molecule has 3 rings (SSSR count). The van der Waals surface area contributed by atoms with Gasteiger partial charge in [-0.25, -0.2) is 9.97 Å². The molecule has 26 heavy (non-hydrogen) atoms. The number of hydrogen-bond acceptors (Lipinski definition) is 5. The molecule has 0 saturated carbocycles. The van der Waals surface area contributed by atoms with Crippen LogP contribution >= 0.6 is 11.8 Å². The van der Waals surface area contributed by atoms with Crippen molar-refractivity contribution in [2.45, 2.75) is 5.16 Å². The number of benzene rings is 1. The molecular formula is C18H17N5O2S. The number of rotatable bonds is 6. The van der Waals surface area contributed by atoms with Gasteiger partial charge in [0.25, 0.3) is 5.91 Å². The number of aromatic nitrogens is 3. The Kier molecular flexibility index (Phi) is 5.65. The van der Waals surface area contributed by atoms with Crippen LogP contribution in [0.3, 0.4) is 0 Å². The number of aryl methyl sites for hydroxylation is 1. The van der Waals surface area contributed by atoms with E-state index in [1.54, 1.807) is 54.9 Å². The van der Waals surface area contributed by atoms with Crippen molar-refractivity contribution in [1.82, 2.24) is 14.5 Å². The van der Waals surface area contributed by atoms with Crippen LogP contribution in [0.5, 0.6) is 0 Å². The molecule has 0 unspecified atom stereocenters. The molecule has 8 heteroatoms. The molecule has 2 heterocycles. The van der Waals surface area contributed by atoms with E-state index in [2.05, 4.69) is 20.6 Å². The van der Waals surface area contributed by atoms with Gasteiger partial charge in [0.15, 0.2) is 5.16 Å². The van der Waals surface area contributed by atoms with Crippen LogP contribution in [0.15, 0.2) is 66.2 Å². The van der Waals surface area contributed by atoms with Gasteiger partial charge in [0.1, 0.15) is 5.82 Å². The van der Waals surface area contributed by atoms with E-state index in [1.165, 1.54) is 11.8 Å². The molecule has 2 N–H and O–H groups in total. The molecule has 1 aromatic carbocycles. The van der Waals surface area contributed by atoms with E-state index >= 15 is 0 Å². The molecule has 132 valence electrons. The van der Waals surface area contributed by atoms with E-state index in [4.69, 9.17) is 0 Å². The summed E-state index contributed by atoms with van der Waals surface area (Å²) in [6, 6.07) is 12.0. The summed E-state index contributed by atoms with van der Waals surface area (Å²) in [6.45, 7) is 0. The minimum Gasteiger partial charge on any atom is -0.329 e. The Balaban J connectivity index is 1.53. The third-order valence-electron chi connectivity index (χ3n) is 3.45. The Labute approximate surface area is 154 Å². The number of thioether (sulfide) groups is 1. The van der Waals surface area contributed by atoms with Crippen molar-refractivity contribution in [2.24, 2.45) is 7.05 Å². The maximum absolute atomic E-state index is 12.2. The van der Waals surface area contributed by atoms with Crippen LogP contribution in [0.2, 0.25) is 0 Å². The number of carbonyl (C=O) groups excluding carboxylic acids is 2. The van der Waals surface area contributed by atoms with Crippen LogP contribution in [-0.2, 0) is 11.8 Å². The number of nitrogens with zero attached hydrogens (tertiary/aromatic N) is 3. The molecule has 0 saturated heterocycles. The number of imidazole rings is 1. The van der Waals surface area contributed by atoms with Crippen LogP contribution in [0.4, 0.5) is 11.5 Å². The Hall–Kier alpha value is -3.13. The van der Waals surface area contributed by atoms with Gasteiger partial charge >= 0.3 is 0 Å². The summed E-state index contributed by atoms with van der Waals surface area (Å²) in [6.07, 6.45) is 5.13. The minimum absolute atomic E-state index is 0.135. The monoisotopic (exact) mass is 367 g/mol. The fourth-order valence-electron chi connectivity index (χ4n) is 2.15. The van der Waals surface area contributed by atoms with Crippen LogP contribution in [0.1, 0.15) is 10.4 Å². The van der Waals surface area contributed by atoms with E-state index in [-0.39, 0.29) is 17.6 Å². The summed E-state index contributed by atoms with van der Waals surface area (Å²) in [7, 11) is 1.88. The number of anilines is 2. The SMILES string of the molecule is Cn1ccnc1SCC(=O)Nc1ccc(C(=O)Nc2ccccn2)cc1. The molecule has 2 amide bonds. The summed E-state index contributed by atoms with van der Waals surface area (Å²) in [5, 5.41) is 6.29. The van der Waals surface area contributed by atoms with Crippen molar-refractivity contribution >= 4 is 35.1 Å². The predicted molar refractivity (Wildman–Crippen MR) is 101 cm³/mol. The van der Waals surface area contributed by atoms with Crippen LogP contribution < -0.4 is 10.6 Å².